The minimum absolute atomic E-state index is 0.737. The molecule has 0 aliphatic carbocycles. The van der Waals surface area contributed by atoms with E-state index in [4.69, 9.17) is 0 Å². The zero-order valence-electron chi connectivity index (χ0n) is 7.90. The van der Waals surface area contributed by atoms with Crippen LogP contribution in [0.25, 0.3) is 10.8 Å². The Labute approximate surface area is 83.3 Å². The molecule has 14 heavy (non-hydrogen) atoms. The molecule has 0 saturated carbocycles. The van der Waals surface area contributed by atoms with Gasteiger partial charge >= 0.3 is 0 Å². The Morgan fingerprint density at radius 1 is 1.29 bits per heavy atom. The first-order chi connectivity index (χ1) is 6.92. The van der Waals surface area contributed by atoms with E-state index in [-0.39, 0.29) is 0 Å². The number of anilines is 1. The molecule has 0 aliphatic heterocycles. The third kappa shape index (κ3) is 1.59. The van der Waals surface area contributed by atoms with E-state index in [9.17, 15) is 0 Å². The van der Waals surface area contributed by atoms with Gasteiger partial charge in [0.15, 0.2) is 0 Å². The van der Waals surface area contributed by atoms with Crippen molar-refractivity contribution in [3.8, 4) is 0 Å². The first-order valence-corrected chi connectivity index (χ1v) is 4.60. The summed E-state index contributed by atoms with van der Waals surface area (Å²) in [7, 11) is 0. The Kier molecular flexibility index (Phi) is 2.45. The van der Waals surface area contributed by atoms with Crippen molar-refractivity contribution in [2.24, 2.45) is 0 Å². The maximum absolute atomic E-state index is 4.29. The SMILES string of the molecule is C=CCNc1nccc2ccccc12. The minimum atomic E-state index is 0.737. The molecule has 70 valence electrons. The molecule has 1 heterocycles. The average Bonchev–Trinajstić information content (AvgIpc) is 2.26. The van der Waals surface area contributed by atoms with Crippen LogP contribution in [0.5, 0.6) is 0 Å². The standard InChI is InChI=1S/C12H12N2/c1-2-8-13-12-11-6-4-3-5-10(11)7-9-14-12/h2-7,9H,1,8H2,(H,13,14). The second kappa shape index (κ2) is 3.92. The predicted molar refractivity (Wildman–Crippen MR) is 60.4 cm³/mol. The number of nitrogens with zero attached hydrogens (tertiary/aromatic N) is 1. The molecule has 0 fully saturated rings. The van der Waals surface area contributed by atoms with Crippen LogP contribution in [0.3, 0.4) is 0 Å². The van der Waals surface area contributed by atoms with Crippen molar-refractivity contribution in [1.29, 1.82) is 0 Å². The summed E-state index contributed by atoms with van der Waals surface area (Å²) in [4.78, 5) is 4.29. The van der Waals surface area contributed by atoms with Crippen LogP contribution in [0.4, 0.5) is 5.82 Å². The van der Waals surface area contributed by atoms with Crippen LogP contribution >= 0.6 is 0 Å². The molecule has 2 nitrogen and oxygen atoms in total. The number of pyridine rings is 1. The van der Waals surface area contributed by atoms with Crippen LogP contribution in [0.15, 0.2) is 49.2 Å². The molecule has 2 heteroatoms. The zero-order chi connectivity index (χ0) is 9.80. The second-order valence-electron chi connectivity index (χ2n) is 3.05. The number of hydrogen-bond donors (Lipinski definition) is 1. The summed E-state index contributed by atoms with van der Waals surface area (Å²) >= 11 is 0. The highest BCUT2D eigenvalue weighted by molar-refractivity contribution is 5.91. The summed E-state index contributed by atoms with van der Waals surface area (Å²) in [6, 6.07) is 10.2. The van der Waals surface area contributed by atoms with Gasteiger partial charge in [-0.15, -0.1) is 6.58 Å². The molecule has 0 atom stereocenters. The van der Waals surface area contributed by atoms with E-state index in [1.807, 2.05) is 30.5 Å². The van der Waals surface area contributed by atoms with E-state index in [0.717, 1.165) is 17.7 Å². The summed E-state index contributed by atoms with van der Waals surface area (Å²) in [6.07, 6.45) is 3.64. The van der Waals surface area contributed by atoms with Gasteiger partial charge in [0.25, 0.3) is 0 Å². The molecule has 2 aromatic rings. The highest BCUT2D eigenvalue weighted by atomic mass is 15.0. The number of hydrogen-bond acceptors (Lipinski definition) is 2. The molecule has 0 bridgehead atoms. The first kappa shape index (κ1) is 8.75. The highest BCUT2D eigenvalue weighted by Crippen LogP contribution is 2.19. The fraction of sp³-hybridized carbons (Fsp3) is 0.0833. The second-order valence-corrected chi connectivity index (χ2v) is 3.05. The number of fused-ring (bicyclic) bond motifs is 1. The molecular weight excluding hydrogens is 172 g/mol. The van der Waals surface area contributed by atoms with E-state index in [2.05, 4.69) is 29.0 Å². The molecular formula is C12H12N2. The lowest BCUT2D eigenvalue weighted by Gasteiger charge is -2.05. The van der Waals surface area contributed by atoms with E-state index >= 15 is 0 Å². The van der Waals surface area contributed by atoms with E-state index in [1.54, 1.807) is 0 Å². The summed E-state index contributed by atoms with van der Waals surface area (Å²) in [5.41, 5.74) is 0. The summed E-state index contributed by atoms with van der Waals surface area (Å²) < 4.78 is 0. The summed E-state index contributed by atoms with van der Waals surface area (Å²) in [5.74, 6) is 0.919. The lowest BCUT2D eigenvalue weighted by molar-refractivity contribution is 1.25. The average molecular weight is 184 g/mol. The topological polar surface area (TPSA) is 24.9 Å². The van der Waals surface area contributed by atoms with Crippen LogP contribution in [0, 0.1) is 0 Å². The van der Waals surface area contributed by atoms with Crippen LogP contribution in [0.2, 0.25) is 0 Å². The summed E-state index contributed by atoms with van der Waals surface area (Å²) in [6.45, 7) is 4.40. The van der Waals surface area contributed by atoms with Crippen molar-refractivity contribution >= 4 is 16.6 Å². The maximum Gasteiger partial charge on any atom is 0.134 e. The molecule has 0 spiro atoms. The third-order valence-electron chi connectivity index (χ3n) is 2.09. The van der Waals surface area contributed by atoms with Crippen molar-refractivity contribution < 1.29 is 0 Å². The molecule has 1 N–H and O–H groups in total. The van der Waals surface area contributed by atoms with Gasteiger partial charge in [0.05, 0.1) is 0 Å². The Morgan fingerprint density at radius 3 is 3.00 bits per heavy atom. The normalized spacial score (nSPS) is 10.0. The Morgan fingerprint density at radius 2 is 2.14 bits per heavy atom. The number of rotatable bonds is 3. The van der Waals surface area contributed by atoms with Crippen molar-refractivity contribution in [2.45, 2.75) is 0 Å². The predicted octanol–water partition coefficient (Wildman–Crippen LogP) is 2.83. The van der Waals surface area contributed by atoms with Gasteiger partial charge in [-0.3, -0.25) is 0 Å². The molecule has 0 aliphatic rings. The Hall–Kier alpha value is -1.83. The maximum atomic E-state index is 4.29. The van der Waals surface area contributed by atoms with Crippen LogP contribution in [-0.4, -0.2) is 11.5 Å². The van der Waals surface area contributed by atoms with Crippen molar-refractivity contribution in [2.75, 3.05) is 11.9 Å². The molecule has 0 unspecified atom stereocenters. The molecule has 0 amide bonds. The van der Waals surface area contributed by atoms with Gasteiger partial charge in [0.2, 0.25) is 0 Å². The van der Waals surface area contributed by atoms with Crippen molar-refractivity contribution in [3.05, 3.63) is 49.2 Å². The number of aromatic nitrogens is 1. The molecule has 1 aromatic carbocycles. The lowest BCUT2D eigenvalue weighted by atomic mass is 10.1. The number of benzene rings is 1. The van der Waals surface area contributed by atoms with Gasteiger partial charge in [-0.1, -0.05) is 30.3 Å². The van der Waals surface area contributed by atoms with E-state index in [1.165, 1.54) is 5.39 Å². The fourth-order valence-electron chi connectivity index (χ4n) is 1.43. The molecule has 2 rings (SSSR count). The third-order valence-corrected chi connectivity index (χ3v) is 2.09. The van der Waals surface area contributed by atoms with Gasteiger partial charge in [-0.05, 0) is 11.5 Å². The van der Waals surface area contributed by atoms with Gasteiger partial charge < -0.3 is 5.32 Å². The van der Waals surface area contributed by atoms with Gasteiger partial charge in [-0.25, -0.2) is 4.98 Å². The first-order valence-electron chi connectivity index (χ1n) is 4.60. The zero-order valence-corrected chi connectivity index (χ0v) is 7.90. The van der Waals surface area contributed by atoms with Crippen LogP contribution in [0.1, 0.15) is 0 Å². The quantitative estimate of drug-likeness (QED) is 0.742. The fourth-order valence-corrected chi connectivity index (χ4v) is 1.43. The van der Waals surface area contributed by atoms with Crippen LogP contribution in [-0.2, 0) is 0 Å². The molecule has 0 radical (unpaired) electrons. The molecule has 0 saturated heterocycles. The minimum Gasteiger partial charge on any atom is -0.366 e. The lowest BCUT2D eigenvalue weighted by Crippen LogP contribution is -2.00. The van der Waals surface area contributed by atoms with E-state index in [0.29, 0.717) is 0 Å². The monoisotopic (exact) mass is 184 g/mol. The van der Waals surface area contributed by atoms with Gasteiger partial charge in [0.1, 0.15) is 5.82 Å². The number of nitrogens with one attached hydrogen (secondary N) is 1. The Balaban J connectivity index is 2.48. The van der Waals surface area contributed by atoms with E-state index < -0.39 is 0 Å². The van der Waals surface area contributed by atoms with Gasteiger partial charge in [-0.2, -0.15) is 0 Å². The van der Waals surface area contributed by atoms with Crippen LogP contribution < -0.4 is 5.32 Å². The highest BCUT2D eigenvalue weighted by Gasteiger charge is 1.98. The van der Waals surface area contributed by atoms with Gasteiger partial charge in [0, 0.05) is 18.1 Å². The van der Waals surface area contributed by atoms with Crippen molar-refractivity contribution in [3.63, 3.8) is 0 Å². The summed E-state index contributed by atoms with van der Waals surface area (Å²) in [5, 5.41) is 5.56. The Bertz CT molecular complexity index is 444. The smallest absolute Gasteiger partial charge is 0.134 e. The largest absolute Gasteiger partial charge is 0.366 e. The molecule has 1 aromatic heterocycles. The van der Waals surface area contributed by atoms with Crippen molar-refractivity contribution in [1.82, 2.24) is 4.98 Å².